The van der Waals surface area contributed by atoms with E-state index in [1.807, 2.05) is 0 Å². The summed E-state index contributed by atoms with van der Waals surface area (Å²) in [7, 11) is 0. The lowest BCUT2D eigenvalue weighted by atomic mass is 9.68. The fourth-order valence-electron chi connectivity index (χ4n) is 9.38. The number of hydrogen-bond acceptors (Lipinski definition) is 1. The Balaban J connectivity index is 1.39. The molecule has 2 heteroatoms. The van der Waals surface area contributed by atoms with E-state index in [-0.39, 0.29) is 12.0 Å². The lowest BCUT2D eigenvalue weighted by molar-refractivity contribution is 0.268. The molecule has 1 aromatic heterocycles. The van der Waals surface area contributed by atoms with Crippen LogP contribution in [0.2, 0.25) is 0 Å². The van der Waals surface area contributed by atoms with Gasteiger partial charge in [0.1, 0.15) is 11.9 Å². The van der Waals surface area contributed by atoms with Gasteiger partial charge in [0.25, 0.3) is 0 Å². The SMILES string of the molecule is C1=CC2Oc3c(cc4c(c3-n3c5ccccc5c5ccccc53)C3(C5=C(CCC=C5)c5ccccc53)c3ccccc3-4)C2C=C1. The van der Waals surface area contributed by atoms with E-state index in [0.29, 0.717) is 0 Å². The van der Waals surface area contributed by atoms with Crippen LogP contribution in [0.15, 0.2) is 145 Å². The van der Waals surface area contributed by atoms with Crippen molar-refractivity contribution >= 4 is 27.4 Å². The standard InChI is InChI=1S/C43H29NO/c1-7-19-34-26(13-1)27-14-2-8-20-35(27)43(34)36-21-9-3-15-28(36)32-25-33-31-18-6-12-24-39(31)45-42(33)41(40(32)43)44-37-22-10-4-16-29(37)30-17-5-11-23-38(30)44/h1,3-13,15-25,31,39H,2,14H2. The summed E-state index contributed by atoms with van der Waals surface area (Å²) in [5.74, 6) is 1.20. The minimum Gasteiger partial charge on any atom is -0.483 e. The molecule has 4 aliphatic carbocycles. The molecule has 0 fully saturated rings. The minimum atomic E-state index is -0.436. The molecule has 11 rings (SSSR count). The van der Waals surface area contributed by atoms with Crippen molar-refractivity contribution in [2.45, 2.75) is 30.3 Å². The Labute approximate surface area is 261 Å². The van der Waals surface area contributed by atoms with Crippen molar-refractivity contribution in [2.75, 3.05) is 0 Å². The molecule has 2 nitrogen and oxygen atoms in total. The van der Waals surface area contributed by atoms with E-state index in [1.54, 1.807) is 0 Å². The van der Waals surface area contributed by atoms with Gasteiger partial charge in [0.15, 0.2) is 0 Å². The van der Waals surface area contributed by atoms with Crippen molar-refractivity contribution in [3.05, 3.63) is 173 Å². The van der Waals surface area contributed by atoms with Gasteiger partial charge in [0.05, 0.1) is 22.1 Å². The number of benzene rings is 5. The molecule has 0 radical (unpaired) electrons. The number of hydrogen-bond donors (Lipinski definition) is 0. The van der Waals surface area contributed by atoms with Crippen LogP contribution >= 0.6 is 0 Å². The number of ether oxygens (including phenoxy) is 1. The van der Waals surface area contributed by atoms with Crippen molar-refractivity contribution in [3.8, 4) is 22.6 Å². The first-order valence-electron chi connectivity index (χ1n) is 16.2. The van der Waals surface area contributed by atoms with Crippen LogP contribution in [0, 0.1) is 0 Å². The van der Waals surface area contributed by atoms with Crippen molar-refractivity contribution in [1.29, 1.82) is 0 Å². The van der Waals surface area contributed by atoms with Crippen LogP contribution in [0.4, 0.5) is 0 Å². The zero-order valence-corrected chi connectivity index (χ0v) is 24.7. The number of allylic oxidation sites excluding steroid dienone is 6. The first-order chi connectivity index (χ1) is 22.4. The number of para-hydroxylation sites is 2. The lowest BCUT2D eigenvalue weighted by Crippen LogP contribution is -2.29. The Kier molecular flexibility index (Phi) is 4.50. The molecule has 5 aromatic carbocycles. The average molecular weight is 576 g/mol. The summed E-state index contributed by atoms with van der Waals surface area (Å²) in [5.41, 5.74) is 15.6. The molecule has 1 spiro atoms. The van der Waals surface area contributed by atoms with Gasteiger partial charge < -0.3 is 9.30 Å². The third-order valence-corrected chi connectivity index (χ3v) is 11.0. The molecule has 3 unspecified atom stereocenters. The Morgan fingerprint density at radius 3 is 2.16 bits per heavy atom. The number of aromatic nitrogens is 1. The van der Waals surface area contributed by atoms with Gasteiger partial charge in [0, 0.05) is 27.8 Å². The maximum atomic E-state index is 7.12. The molecular formula is C43H29NO. The van der Waals surface area contributed by atoms with Crippen LogP contribution < -0.4 is 4.74 Å². The first kappa shape index (κ1) is 24.0. The predicted octanol–water partition coefficient (Wildman–Crippen LogP) is 10.2. The quantitative estimate of drug-likeness (QED) is 0.190. The minimum absolute atomic E-state index is 0.00854. The van der Waals surface area contributed by atoms with Crippen molar-refractivity contribution < 1.29 is 4.74 Å². The second kappa shape index (κ2) is 8.43. The third kappa shape index (κ3) is 2.78. The van der Waals surface area contributed by atoms with Crippen LogP contribution in [-0.4, -0.2) is 10.7 Å². The summed E-state index contributed by atoms with van der Waals surface area (Å²) in [6, 6.07) is 38.6. The fourth-order valence-corrected chi connectivity index (χ4v) is 9.38. The topological polar surface area (TPSA) is 14.2 Å². The second-order valence-corrected chi connectivity index (χ2v) is 13.0. The summed E-state index contributed by atoms with van der Waals surface area (Å²) in [6.45, 7) is 0. The zero-order valence-electron chi connectivity index (χ0n) is 24.7. The van der Waals surface area contributed by atoms with Crippen molar-refractivity contribution in [1.82, 2.24) is 4.57 Å². The fraction of sp³-hybridized carbons (Fsp3) is 0.116. The molecule has 1 aliphatic heterocycles. The Bertz CT molecular complexity index is 2380. The van der Waals surface area contributed by atoms with Gasteiger partial charge in [-0.25, -0.2) is 0 Å². The van der Waals surface area contributed by atoms with Crippen LogP contribution in [0.3, 0.4) is 0 Å². The maximum absolute atomic E-state index is 7.12. The van der Waals surface area contributed by atoms with Crippen LogP contribution in [0.1, 0.15) is 46.6 Å². The molecule has 0 saturated heterocycles. The molecule has 0 amide bonds. The predicted molar refractivity (Wildman–Crippen MR) is 183 cm³/mol. The first-order valence-corrected chi connectivity index (χ1v) is 16.2. The molecular weight excluding hydrogens is 546 g/mol. The monoisotopic (exact) mass is 575 g/mol. The van der Waals surface area contributed by atoms with E-state index in [2.05, 4.69) is 144 Å². The van der Waals surface area contributed by atoms with Gasteiger partial charge in [-0.15, -0.1) is 0 Å². The Morgan fingerprint density at radius 1 is 0.689 bits per heavy atom. The number of nitrogens with zero attached hydrogens (tertiary/aromatic N) is 1. The summed E-state index contributed by atoms with van der Waals surface area (Å²) in [5, 5.41) is 2.53. The van der Waals surface area contributed by atoms with Crippen molar-refractivity contribution in [2.24, 2.45) is 0 Å². The van der Waals surface area contributed by atoms with Gasteiger partial charge in [-0.3, -0.25) is 0 Å². The molecule has 0 saturated carbocycles. The van der Waals surface area contributed by atoms with Gasteiger partial charge in [-0.2, -0.15) is 0 Å². The smallest absolute Gasteiger partial charge is 0.148 e. The summed E-state index contributed by atoms with van der Waals surface area (Å²) in [6.07, 6.45) is 15.8. The zero-order chi connectivity index (χ0) is 29.3. The number of rotatable bonds is 1. The van der Waals surface area contributed by atoms with E-state index >= 15 is 0 Å². The number of fused-ring (bicyclic) bond motifs is 15. The van der Waals surface area contributed by atoms with E-state index in [9.17, 15) is 0 Å². The van der Waals surface area contributed by atoms with E-state index in [4.69, 9.17) is 4.74 Å². The van der Waals surface area contributed by atoms with E-state index in [1.165, 1.54) is 77.6 Å². The summed E-state index contributed by atoms with van der Waals surface area (Å²) >= 11 is 0. The molecule has 0 N–H and O–H groups in total. The third-order valence-electron chi connectivity index (χ3n) is 11.0. The van der Waals surface area contributed by atoms with E-state index < -0.39 is 5.41 Å². The Morgan fingerprint density at radius 2 is 1.36 bits per heavy atom. The van der Waals surface area contributed by atoms with Gasteiger partial charge >= 0.3 is 0 Å². The lowest BCUT2D eigenvalue weighted by Gasteiger charge is -2.34. The van der Waals surface area contributed by atoms with E-state index in [0.717, 1.165) is 18.6 Å². The maximum Gasteiger partial charge on any atom is 0.148 e. The van der Waals surface area contributed by atoms with Crippen LogP contribution in [-0.2, 0) is 5.41 Å². The molecule has 45 heavy (non-hydrogen) atoms. The highest BCUT2D eigenvalue weighted by Crippen LogP contribution is 2.67. The molecule has 212 valence electrons. The van der Waals surface area contributed by atoms with Crippen LogP contribution in [0.5, 0.6) is 5.75 Å². The average Bonchev–Trinajstić information content (AvgIpc) is 3.81. The van der Waals surface area contributed by atoms with Gasteiger partial charge in [-0.05, 0) is 76.1 Å². The molecule has 0 bridgehead atoms. The second-order valence-electron chi connectivity index (χ2n) is 13.0. The van der Waals surface area contributed by atoms with Crippen molar-refractivity contribution in [3.63, 3.8) is 0 Å². The molecule has 2 heterocycles. The Hall–Kier alpha value is -5.34. The molecule has 6 aromatic rings. The highest BCUT2D eigenvalue weighted by atomic mass is 16.5. The molecule has 3 atom stereocenters. The summed E-state index contributed by atoms with van der Waals surface area (Å²) in [4.78, 5) is 0. The largest absolute Gasteiger partial charge is 0.483 e. The highest BCUT2D eigenvalue weighted by molar-refractivity contribution is 6.10. The van der Waals surface area contributed by atoms with Gasteiger partial charge in [0.2, 0.25) is 0 Å². The van der Waals surface area contributed by atoms with Crippen LogP contribution in [0.25, 0.3) is 44.2 Å². The summed E-state index contributed by atoms with van der Waals surface area (Å²) < 4.78 is 9.66. The highest BCUT2D eigenvalue weighted by Gasteiger charge is 2.55. The van der Waals surface area contributed by atoms with Gasteiger partial charge in [-0.1, -0.05) is 115 Å². The normalized spacial score (nSPS) is 22.8. The molecule has 5 aliphatic rings.